The molecule has 1 aliphatic rings. The van der Waals surface area contributed by atoms with Gasteiger partial charge in [-0.2, -0.15) is 0 Å². The highest BCUT2D eigenvalue weighted by Gasteiger charge is 2.35. The van der Waals surface area contributed by atoms with Crippen molar-refractivity contribution in [3.63, 3.8) is 0 Å². The number of rotatable bonds is 5. The smallest absolute Gasteiger partial charge is 0.338 e. The Kier molecular flexibility index (Phi) is 6.67. The molecule has 0 unspecified atom stereocenters. The molecule has 3 aromatic carbocycles. The van der Waals surface area contributed by atoms with E-state index in [1.807, 2.05) is 48.5 Å². The lowest BCUT2D eigenvalue weighted by atomic mass is 9.93. The number of ether oxygens (including phenoxy) is 1. The number of esters is 1. The van der Waals surface area contributed by atoms with Gasteiger partial charge in [0, 0.05) is 10.6 Å². The molecule has 0 saturated carbocycles. The van der Waals surface area contributed by atoms with Crippen LogP contribution in [0.4, 0.5) is 4.39 Å². The Bertz CT molecular complexity index is 1660. The quantitative estimate of drug-likeness (QED) is 0.359. The Labute approximate surface area is 215 Å². The maximum atomic E-state index is 13.8. The van der Waals surface area contributed by atoms with E-state index in [9.17, 15) is 14.0 Å². The molecule has 4 aromatic rings. The number of hydrogen-bond acceptors (Lipinski definition) is 5. The van der Waals surface area contributed by atoms with E-state index in [-0.39, 0.29) is 17.7 Å². The molecule has 5 rings (SSSR count). The maximum Gasteiger partial charge on any atom is 0.338 e. The highest BCUT2D eigenvalue weighted by Crippen LogP contribution is 2.35. The minimum atomic E-state index is -0.857. The molecule has 0 fully saturated rings. The van der Waals surface area contributed by atoms with Crippen molar-refractivity contribution < 1.29 is 13.9 Å². The lowest BCUT2D eigenvalue weighted by Gasteiger charge is -2.25. The summed E-state index contributed by atoms with van der Waals surface area (Å²) in [5.74, 6) is -1.01. The van der Waals surface area contributed by atoms with Gasteiger partial charge in [0.05, 0.1) is 28.5 Å². The van der Waals surface area contributed by atoms with Crippen molar-refractivity contribution in [1.29, 1.82) is 0 Å². The average Bonchev–Trinajstić information content (AvgIpc) is 3.20. The third-order valence-electron chi connectivity index (χ3n) is 5.75. The van der Waals surface area contributed by atoms with Crippen molar-refractivity contribution in [2.75, 3.05) is 6.61 Å². The Morgan fingerprint density at radius 2 is 1.78 bits per heavy atom. The first-order chi connectivity index (χ1) is 17.5. The molecule has 0 radical (unpaired) electrons. The van der Waals surface area contributed by atoms with Crippen molar-refractivity contribution in [1.82, 2.24) is 4.57 Å². The van der Waals surface area contributed by atoms with E-state index in [0.717, 1.165) is 0 Å². The zero-order valence-corrected chi connectivity index (χ0v) is 20.7. The maximum absolute atomic E-state index is 13.8. The van der Waals surface area contributed by atoms with E-state index in [0.29, 0.717) is 36.7 Å². The van der Waals surface area contributed by atoms with Gasteiger partial charge in [0.15, 0.2) is 4.80 Å². The Morgan fingerprint density at radius 1 is 1.08 bits per heavy atom. The molecule has 0 N–H and O–H groups in total. The molecule has 5 nitrogen and oxygen atoms in total. The molecule has 0 saturated heterocycles. The third kappa shape index (κ3) is 4.43. The Balaban J connectivity index is 1.84. The molecule has 2 heterocycles. The van der Waals surface area contributed by atoms with Crippen LogP contribution in [-0.4, -0.2) is 17.1 Å². The summed E-state index contributed by atoms with van der Waals surface area (Å²) in [7, 11) is 0. The second kappa shape index (κ2) is 10.0. The molecule has 0 amide bonds. The van der Waals surface area contributed by atoms with Crippen LogP contribution in [0.1, 0.15) is 29.7 Å². The zero-order chi connectivity index (χ0) is 25.2. The number of aromatic nitrogens is 1. The van der Waals surface area contributed by atoms with Crippen LogP contribution in [0, 0.1) is 5.82 Å². The van der Waals surface area contributed by atoms with Crippen LogP contribution in [0.3, 0.4) is 0 Å². The monoisotopic (exact) mass is 518 g/mol. The first kappa shape index (κ1) is 23.9. The summed E-state index contributed by atoms with van der Waals surface area (Å²) in [5.41, 5.74) is 2.25. The van der Waals surface area contributed by atoms with E-state index in [1.165, 1.54) is 28.0 Å². The average molecular weight is 519 g/mol. The highest BCUT2D eigenvalue weighted by atomic mass is 35.5. The lowest BCUT2D eigenvalue weighted by molar-refractivity contribution is -0.138. The number of fused-ring (bicyclic) bond motifs is 1. The normalized spacial score (nSPS) is 15.4. The summed E-state index contributed by atoms with van der Waals surface area (Å²) >= 11 is 7.53. The van der Waals surface area contributed by atoms with Gasteiger partial charge in [0.1, 0.15) is 5.82 Å². The SMILES string of the molecule is CCOC(=O)C1=C(c2ccccc2)N=c2s/c(=C/c3ccccc3Cl)c(=O)n2[C@@H]1c1ccc(F)cc1. The van der Waals surface area contributed by atoms with Crippen LogP contribution >= 0.6 is 22.9 Å². The number of carbonyl (C=O) groups is 1. The van der Waals surface area contributed by atoms with Crippen LogP contribution < -0.4 is 14.9 Å². The number of carbonyl (C=O) groups excluding carboxylic acids is 1. The van der Waals surface area contributed by atoms with Crippen molar-refractivity contribution in [2.45, 2.75) is 13.0 Å². The Hall–Kier alpha value is -3.81. The van der Waals surface area contributed by atoms with E-state index < -0.39 is 17.8 Å². The van der Waals surface area contributed by atoms with E-state index in [4.69, 9.17) is 21.3 Å². The van der Waals surface area contributed by atoms with Gasteiger partial charge in [-0.15, -0.1) is 0 Å². The number of halogens is 2. The molecule has 8 heteroatoms. The van der Waals surface area contributed by atoms with Gasteiger partial charge in [-0.05, 0) is 42.3 Å². The number of thiazole rings is 1. The summed E-state index contributed by atoms with van der Waals surface area (Å²) < 4.78 is 21.1. The first-order valence-corrected chi connectivity index (χ1v) is 12.5. The van der Waals surface area contributed by atoms with E-state index in [1.54, 1.807) is 31.2 Å². The van der Waals surface area contributed by atoms with Gasteiger partial charge in [0.2, 0.25) is 0 Å². The van der Waals surface area contributed by atoms with Crippen LogP contribution in [0.2, 0.25) is 5.02 Å². The van der Waals surface area contributed by atoms with Gasteiger partial charge in [-0.25, -0.2) is 14.2 Å². The van der Waals surface area contributed by atoms with E-state index in [2.05, 4.69) is 0 Å². The first-order valence-electron chi connectivity index (χ1n) is 11.3. The van der Waals surface area contributed by atoms with Gasteiger partial charge < -0.3 is 4.74 Å². The van der Waals surface area contributed by atoms with Crippen LogP contribution in [-0.2, 0) is 9.53 Å². The number of nitrogens with zero attached hydrogens (tertiary/aromatic N) is 2. The van der Waals surface area contributed by atoms with Gasteiger partial charge >= 0.3 is 5.97 Å². The van der Waals surface area contributed by atoms with Crippen LogP contribution in [0.5, 0.6) is 0 Å². The minimum Gasteiger partial charge on any atom is -0.463 e. The Morgan fingerprint density at radius 3 is 2.47 bits per heavy atom. The second-order valence-electron chi connectivity index (χ2n) is 8.00. The van der Waals surface area contributed by atoms with Crippen molar-refractivity contribution in [3.8, 4) is 0 Å². The fraction of sp³-hybridized carbons (Fsp3) is 0.107. The van der Waals surface area contributed by atoms with Crippen molar-refractivity contribution >= 4 is 40.7 Å². The second-order valence-corrected chi connectivity index (χ2v) is 9.42. The topological polar surface area (TPSA) is 60.7 Å². The van der Waals surface area contributed by atoms with Crippen molar-refractivity contribution in [3.05, 3.63) is 132 Å². The van der Waals surface area contributed by atoms with Crippen LogP contribution in [0.25, 0.3) is 11.8 Å². The molecule has 180 valence electrons. The summed E-state index contributed by atoms with van der Waals surface area (Å²) in [6.07, 6.45) is 1.71. The summed E-state index contributed by atoms with van der Waals surface area (Å²) in [6, 6.07) is 21.4. The molecule has 1 atom stereocenters. The largest absolute Gasteiger partial charge is 0.463 e. The summed E-state index contributed by atoms with van der Waals surface area (Å²) in [5, 5.41) is 0.510. The fourth-order valence-corrected chi connectivity index (χ4v) is 5.32. The zero-order valence-electron chi connectivity index (χ0n) is 19.2. The predicted molar refractivity (Wildman–Crippen MR) is 139 cm³/mol. The predicted octanol–water partition coefficient (Wildman–Crippen LogP) is 4.73. The molecule has 1 aromatic heterocycles. The fourth-order valence-electron chi connectivity index (χ4n) is 4.13. The standard InChI is InChI=1S/C28H20ClFN2O3S/c1-2-35-27(34)23-24(17-8-4-3-5-9-17)31-28-32(25(23)18-12-14-20(30)15-13-18)26(33)22(36-28)16-19-10-6-7-11-21(19)29/h3-16,25H,2H2,1H3/b22-16+/t25-/m1/s1. The molecule has 0 bridgehead atoms. The number of hydrogen-bond donors (Lipinski definition) is 0. The molecular weight excluding hydrogens is 499 g/mol. The van der Waals surface area contributed by atoms with E-state index >= 15 is 0 Å². The summed E-state index contributed by atoms with van der Waals surface area (Å²) in [4.78, 5) is 32.3. The summed E-state index contributed by atoms with van der Waals surface area (Å²) in [6.45, 7) is 1.86. The lowest BCUT2D eigenvalue weighted by Crippen LogP contribution is -2.40. The van der Waals surface area contributed by atoms with Gasteiger partial charge in [-0.1, -0.05) is 83.6 Å². The number of benzene rings is 3. The molecular formula is C28H20ClFN2O3S. The minimum absolute atomic E-state index is 0.150. The highest BCUT2D eigenvalue weighted by molar-refractivity contribution is 7.07. The van der Waals surface area contributed by atoms with Crippen molar-refractivity contribution in [2.24, 2.45) is 4.99 Å². The molecule has 0 spiro atoms. The van der Waals surface area contributed by atoms with Crippen LogP contribution in [0.15, 0.2) is 94.2 Å². The van der Waals surface area contributed by atoms with Gasteiger partial charge in [0.25, 0.3) is 5.56 Å². The van der Waals surface area contributed by atoms with Gasteiger partial charge in [-0.3, -0.25) is 9.36 Å². The molecule has 0 aliphatic carbocycles. The molecule has 36 heavy (non-hydrogen) atoms. The molecule has 1 aliphatic heterocycles. The third-order valence-corrected chi connectivity index (χ3v) is 7.08.